The Labute approximate surface area is 160 Å². The van der Waals surface area contributed by atoms with Crippen LogP contribution in [0.1, 0.15) is 11.4 Å². The fourth-order valence-electron chi connectivity index (χ4n) is 3.39. The second kappa shape index (κ2) is 6.63. The predicted molar refractivity (Wildman–Crippen MR) is 107 cm³/mol. The largest absolute Gasteiger partial charge is 0.481 e. The van der Waals surface area contributed by atoms with E-state index in [2.05, 4.69) is 21.9 Å². The van der Waals surface area contributed by atoms with Gasteiger partial charge in [0.2, 0.25) is 0 Å². The summed E-state index contributed by atoms with van der Waals surface area (Å²) in [6.45, 7) is 2.01. The van der Waals surface area contributed by atoms with E-state index in [0.717, 1.165) is 38.5 Å². The van der Waals surface area contributed by atoms with Crippen LogP contribution in [-0.4, -0.2) is 15.5 Å². The van der Waals surface area contributed by atoms with E-state index in [9.17, 15) is 9.90 Å². The summed E-state index contributed by atoms with van der Waals surface area (Å²) in [6.07, 6.45) is -0.0382. The Morgan fingerprint density at radius 2 is 1.69 bits per heavy atom. The zero-order valence-electron chi connectivity index (χ0n) is 14.1. The standard InChI is InChI=1S/C21H16ClNO2S/c1-13-12-26-21-20(14-5-3-2-4-6-14)19(15-7-9-16(22)10-8-15)17(23(13)21)11-18(24)25/h2-10,12H,11H2,1H3,(H,24,25). The number of carboxylic acid groups (broad SMARTS) is 1. The van der Waals surface area contributed by atoms with Gasteiger partial charge < -0.3 is 9.51 Å². The number of benzene rings is 2. The third-order valence-electron chi connectivity index (χ3n) is 4.43. The van der Waals surface area contributed by atoms with Crippen LogP contribution in [0.5, 0.6) is 0 Å². The van der Waals surface area contributed by atoms with Gasteiger partial charge in [-0.25, -0.2) is 0 Å². The number of halogens is 1. The van der Waals surface area contributed by atoms with Crippen LogP contribution in [0.25, 0.3) is 27.1 Å². The molecule has 4 aromatic rings. The van der Waals surface area contributed by atoms with Gasteiger partial charge in [0.25, 0.3) is 0 Å². The number of hydrogen-bond acceptors (Lipinski definition) is 2. The maximum Gasteiger partial charge on any atom is 0.309 e. The molecule has 2 aromatic heterocycles. The van der Waals surface area contributed by atoms with Crippen molar-refractivity contribution in [2.75, 3.05) is 0 Å². The van der Waals surface area contributed by atoms with Crippen LogP contribution < -0.4 is 0 Å². The van der Waals surface area contributed by atoms with E-state index in [-0.39, 0.29) is 6.42 Å². The zero-order valence-corrected chi connectivity index (χ0v) is 15.6. The van der Waals surface area contributed by atoms with E-state index in [4.69, 9.17) is 11.6 Å². The zero-order chi connectivity index (χ0) is 18.3. The topological polar surface area (TPSA) is 41.7 Å². The average Bonchev–Trinajstić information content (AvgIpc) is 3.15. The summed E-state index contributed by atoms with van der Waals surface area (Å²) in [4.78, 5) is 12.7. The maximum atomic E-state index is 11.6. The minimum absolute atomic E-state index is 0.0382. The molecule has 0 unspecified atom stereocenters. The molecule has 1 N–H and O–H groups in total. The second-order valence-electron chi connectivity index (χ2n) is 6.16. The molecule has 5 heteroatoms. The van der Waals surface area contributed by atoms with Crippen molar-refractivity contribution < 1.29 is 9.90 Å². The van der Waals surface area contributed by atoms with E-state index in [1.54, 1.807) is 11.3 Å². The van der Waals surface area contributed by atoms with Crippen molar-refractivity contribution in [3.8, 4) is 22.3 Å². The van der Waals surface area contributed by atoms with Crippen molar-refractivity contribution in [3.05, 3.63) is 76.4 Å². The minimum Gasteiger partial charge on any atom is -0.481 e. The van der Waals surface area contributed by atoms with Gasteiger partial charge in [-0.2, -0.15) is 0 Å². The van der Waals surface area contributed by atoms with Gasteiger partial charge in [0, 0.05) is 32.9 Å². The molecule has 0 aliphatic rings. The number of carbonyl (C=O) groups is 1. The van der Waals surface area contributed by atoms with Gasteiger partial charge in [0.1, 0.15) is 4.83 Å². The van der Waals surface area contributed by atoms with Crippen molar-refractivity contribution in [2.45, 2.75) is 13.3 Å². The highest BCUT2D eigenvalue weighted by Crippen LogP contribution is 2.43. The van der Waals surface area contributed by atoms with E-state index in [1.807, 2.05) is 49.4 Å². The first-order valence-electron chi connectivity index (χ1n) is 8.21. The third kappa shape index (κ3) is 2.81. The number of thiazole rings is 1. The van der Waals surface area contributed by atoms with E-state index in [1.165, 1.54) is 0 Å². The summed E-state index contributed by atoms with van der Waals surface area (Å²) >= 11 is 7.70. The van der Waals surface area contributed by atoms with Crippen molar-refractivity contribution in [1.29, 1.82) is 0 Å². The number of aliphatic carboxylic acids is 1. The number of aryl methyl sites for hydroxylation is 1. The average molecular weight is 382 g/mol. The highest BCUT2D eigenvalue weighted by atomic mass is 35.5. The van der Waals surface area contributed by atoms with E-state index >= 15 is 0 Å². The third-order valence-corrected chi connectivity index (χ3v) is 5.75. The highest BCUT2D eigenvalue weighted by Gasteiger charge is 2.24. The van der Waals surface area contributed by atoms with Crippen LogP contribution in [0.4, 0.5) is 0 Å². The quantitative estimate of drug-likeness (QED) is 0.476. The van der Waals surface area contributed by atoms with Crippen LogP contribution in [-0.2, 0) is 11.2 Å². The molecule has 0 radical (unpaired) electrons. The minimum atomic E-state index is -0.843. The molecule has 0 atom stereocenters. The lowest BCUT2D eigenvalue weighted by Crippen LogP contribution is -2.05. The van der Waals surface area contributed by atoms with Gasteiger partial charge >= 0.3 is 5.97 Å². The highest BCUT2D eigenvalue weighted by molar-refractivity contribution is 7.16. The molecule has 0 spiro atoms. The molecule has 0 saturated carbocycles. The van der Waals surface area contributed by atoms with Crippen LogP contribution >= 0.6 is 22.9 Å². The lowest BCUT2D eigenvalue weighted by atomic mass is 9.96. The number of aromatic nitrogens is 1. The Hall–Kier alpha value is -2.56. The van der Waals surface area contributed by atoms with E-state index < -0.39 is 5.97 Å². The molecule has 0 aliphatic heterocycles. The Balaban J connectivity index is 2.12. The van der Waals surface area contributed by atoms with Gasteiger partial charge in [0.05, 0.1) is 6.42 Å². The fourth-order valence-corrected chi connectivity index (χ4v) is 4.60. The monoisotopic (exact) mass is 381 g/mol. The van der Waals surface area contributed by atoms with Gasteiger partial charge in [-0.15, -0.1) is 11.3 Å². The molecule has 0 bridgehead atoms. The molecule has 0 saturated heterocycles. The van der Waals surface area contributed by atoms with Gasteiger partial charge in [-0.3, -0.25) is 4.79 Å². The lowest BCUT2D eigenvalue weighted by molar-refractivity contribution is -0.136. The summed E-state index contributed by atoms with van der Waals surface area (Å²) in [5, 5.41) is 12.2. The van der Waals surface area contributed by atoms with Crippen LogP contribution in [0.2, 0.25) is 5.02 Å². The van der Waals surface area contributed by atoms with E-state index in [0.29, 0.717) is 5.02 Å². The second-order valence-corrected chi connectivity index (χ2v) is 7.45. The first kappa shape index (κ1) is 16.9. The van der Waals surface area contributed by atoms with Gasteiger partial charge in [0.15, 0.2) is 0 Å². The molecule has 0 amide bonds. The summed E-state index contributed by atoms with van der Waals surface area (Å²) in [5.41, 5.74) is 5.92. The Morgan fingerprint density at radius 3 is 2.35 bits per heavy atom. The SMILES string of the molecule is Cc1csc2c(-c3ccccc3)c(-c3ccc(Cl)cc3)c(CC(=O)O)n12. The van der Waals surface area contributed by atoms with Crippen molar-refractivity contribution in [1.82, 2.24) is 4.40 Å². The molecular formula is C21H16ClNO2S. The summed E-state index contributed by atoms with van der Waals surface area (Å²) in [6, 6.07) is 17.7. The molecule has 2 heterocycles. The summed E-state index contributed by atoms with van der Waals surface area (Å²) in [7, 11) is 0. The fraction of sp³-hybridized carbons (Fsp3) is 0.0952. The molecular weight excluding hydrogens is 366 g/mol. The van der Waals surface area contributed by atoms with Crippen LogP contribution in [0.3, 0.4) is 0 Å². The van der Waals surface area contributed by atoms with Crippen LogP contribution in [0.15, 0.2) is 60.0 Å². The molecule has 130 valence electrons. The number of rotatable bonds is 4. The first-order valence-corrected chi connectivity index (χ1v) is 9.46. The summed E-state index contributed by atoms with van der Waals surface area (Å²) in [5.74, 6) is -0.843. The molecule has 0 fully saturated rings. The predicted octanol–water partition coefficient (Wildman–Crippen LogP) is 5.92. The molecule has 3 nitrogen and oxygen atoms in total. The van der Waals surface area contributed by atoms with Gasteiger partial charge in [-0.05, 0) is 30.2 Å². The molecule has 4 rings (SSSR count). The van der Waals surface area contributed by atoms with Crippen molar-refractivity contribution >= 4 is 33.7 Å². The lowest BCUT2D eigenvalue weighted by Gasteiger charge is -2.09. The number of fused-ring (bicyclic) bond motifs is 1. The molecule has 2 aromatic carbocycles. The van der Waals surface area contributed by atoms with Crippen molar-refractivity contribution in [3.63, 3.8) is 0 Å². The van der Waals surface area contributed by atoms with Gasteiger partial charge in [-0.1, -0.05) is 54.1 Å². The number of nitrogens with zero attached hydrogens (tertiary/aromatic N) is 1. The number of carboxylic acids is 1. The maximum absolute atomic E-state index is 11.6. The first-order chi connectivity index (χ1) is 12.6. The smallest absolute Gasteiger partial charge is 0.309 e. The number of hydrogen-bond donors (Lipinski definition) is 1. The normalized spacial score (nSPS) is 11.2. The Bertz CT molecular complexity index is 1090. The van der Waals surface area contributed by atoms with Crippen molar-refractivity contribution in [2.24, 2.45) is 0 Å². The molecule has 26 heavy (non-hydrogen) atoms. The van der Waals surface area contributed by atoms with Crippen LogP contribution in [0, 0.1) is 6.92 Å². The summed E-state index contributed by atoms with van der Waals surface area (Å²) < 4.78 is 2.07. The Kier molecular flexibility index (Phi) is 4.31. The molecule has 0 aliphatic carbocycles. The Morgan fingerprint density at radius 1 is 1.04 bits per heavy atom.